The van der Waals surface area contributed by atoms with Gasteiger partial charge in [0.25, 0.3) is 0 Å². The van der Waals surface area contributed by atoms with E-state index in [9.17, 15) is 17.6 Å². The zero-order chi connectivity index (χ0) is 22.0. The average Bonchev–Trinajstić information content (AvgIpc) is 3.14. The van der Waals surface area contributed by atoms with E-state index in [0.717, 1.165) is 22.4 Å². The van der Waals surface area contributed by atoms with Crippen molar-refractivity contribution < 1.29 is 22.3 Å². The van der Waals surface area contributed by atoms with Gasteiger partial charge in [-0.05, 0) is 30.0 Å². The summed E-state index contributed by atoms with van der Waals surface area (Å²) in [6.45, 7) is 1.11. The molecule has 9 heteroatoms. The number of hydrogen-bond donors (Lipinski definition) is 1. The fourth-order valence-electron chi connectivity index (χ4n) is 4.29. The first-order valence-electron chi connectivity index (χ1n) is 10.3. The number of rotatable bonds is 3. The Balaban J connectivity index is 1.73. The maximum Gasteiger partial charge on any atom is 0.320 e. The largest absolute Gasteiger partial charge is 0.491 e. The molecule has 0 spiro atoms. The molecule has 2 aliphatic heterocycles. The number of amides is 2. The van der Waals surface area contributed by atoms with Crippen molar-refractivity contribution in [2.45, 2.75) is 24.9 Å². The summed E-state index contributed by atoms with van der Waals surface area (Å²) in [5, 5.41) is 0. The van der Waals surface area contributed by atoms with Crippen molar-refractivity contribution in [3.8, 4) is 16.9 Å². The number of halogens is 1. The summed E-state index contributed by atoms with van der Waals surface area (Å²) in [7, 11) is -2.34. The summed E-state index contributed by atoms with van der Waals surface area (Å²) < 4.78 is 45.2. The maximum atomic E-state index is 13.1. The molecule has 2 unspecified atom stereocenters. The molecule has 0 aromatic heterocycles. The van der Waals surface area contributed by atoms with Crippen LogP contribution in [0.15, 0.2) is 48.5 Å². The van der Waals surface area contributed by atoms with E-state index < -0.39 is 28.1 Å². The lowest BCUT2D eigenvalue weighted by molar-refractivity contribution is 0.147. The van der Waals surface area contributed by atoms with Gasteiger partial charge in [-0.25, -0.2) is 22.3 Å². The monoisotopic (exact) mass is 447 g/mol. The summed E-state index contributed by atoms with van der Waals surface area (Å²) >= 11 is 0. The zero-order valence-corrected chi connectivity index (χ0v) is 18.1. The van der Waals surface area contributed by atoms with Crippen molar-refractivity contribution >= 4 is 16.1 Å². The summed E-state index contributed by atoms with van der Waals surface area (Å²) in [6, 6.07) is 13.0. The first-order chi connectivity index (χ1) is 14.9. The van der Waals surface area contributed by atoms with E-state index in [1.165, 1.54) is 0 Å². The van der Waals surface area contributed by atoms with Crippen LogP contribution in [-0.2, 0) is 16.4 Å². The third kappa shape index (κ3) is 4.67. The predicted octanol–water partition coefficient (Wildman–Crippen LogP) is 2.63. The molecule has 0 aliphatic carbocycles. The van der Waals surface area contributed by atoms with Crippen LogP contribution in [0, 0.1) is 0 Å². The predicted molar refractivity (Wildman–Crippen MR) is 116 cm³/mol. The van der Waals surface area contributed by atoms with Gasteiger partial charge in [0.1, 0.15) is 12.4 Å². The van der Waals surface area contributed by atoms with Crippen molar-refractivity contribution in [3.63, 3.8) is 0 Å². The molecule has 2 bridgehead atoms. The Morgan fingerprint density at radius 2 is 1.97 bits per heavy atom. The highest BCUT2D eigenvalue weighted by atomic mass is 32.2. The molecule has 0 saturated carbocycles. The van der Waals surface area contributed by atoms with Gasteiger partial charge >= 0.3 is 6.03 Å². The zero-order valence-electron chi connectivity index (χ0n) is 17.3. The van der Waals surface area contributed by atoms with Gasteiger partial charge in [0.2, 0.25) is 16.0 Å². The number of ether oxygens (including phenoxy) is 1. The van der Waals surface area contributed by atoms with E-state index in [4.69, 9.17) is 4.74 Å². The number of fused-ring (bicyclic) bond motifs is 5. The molecule has 4 rings (SSSR count). The van der Waals surface area contributed by atoms with Crippen LogP contribution in [0.1, 0.15) is 12.0 Å². The third-order valence-electron chi connectivity index (χ3n) is 5.85. The number of urea groups is 1. The molecule has 1 saturated heterocycles. The van der Waals surface area contributed by atoms with Gasteiger partial charge in [-0.3, -0.25) is 0 Å². The number of likely N-dealkylation sites (N-methyl/N-ethyl adjacent to an activating group) is 1. The average molecular weight is 448 g/mol. The van der Waals surface area contributed by atoms with E-state index in [1.807, 2.05) is 48.5 Å². The Hall–Kier alpha value is -2.65. The normalized spacial score (nSPS) is 21.9. The van der Waals surface area contributed by atoms with Gasteiger partial charge in [-0.1, -0.05) is 42.5 Å². The summed E-state index contributed by atoms with van der Waals surface area (Å²) in [6.07, 6.45) is 0.887. The minimum absolute atomic E-state index is 0.195. The van der Waals surface area contributed by atoms with Crippen molar-refractivity contribution in [3.05, 3.63) is 54.1 Å². The number of alkyl halides is 1. The van der Waals surface area contributed by atoms with E-state index in [1.54, 1.807) is 16.8 Å². The first kappa shape index (κ1) is 21.6. The molecule has 166 valence electrons. The van der Waals surface area contributed by atoms with Gasteiger partial charge in [-0.15, -0.1) is 0 Å². The second-order valence-corrected chi connectivity index (χ2v) is 9.63. The molecule has 2 aromatic rings. The number of carbonyl (C=O) groups excluding carboxylic acids is 1. The second kappa shape index (κ2) is 8.84. The second-order valence-electron chi connectivity index (χ2n) is 7.95. The van der Waals surface area contributed by atoms with E-state index in [0.29, 0.717) is 32.5 Å². The van der Waals surface area contributed by atoms with Crippen LogP contribution < -0.4 is 9.46 Å². The van der Waals surface area contributed by atoms with Gasteiger partial charge < -0.3 is 14.5 Å². The standard InChI is InChI=1S/C22H26FN3O4S/c1-25-11-12-30-21-8-3-2-7-18(21)17-6-4-5-16(13-17)14-20-19(24-31(28,29)15-23)9-10-26(20)22(25)27/h2-8,13,19-20,24H,9-12,14-15H2,1H3. The van der Waals surface area contributed by atoms with E-state index in [2.05, 4.69) is 4.72 Å². The molecule has 1 N–H and O–H groups in total. The molecule has 2 heterocycles. The smallest absolute Gasteiger partial charge is 0.320 e. The van der Waals surface area contributed by atoms with Crippen LogP contribution >= 0.6 is 0 Å². The molecule has 2 aromatic carbocycles. The van der Waals surface area contributed by atoms with E-state index in [-0.39, 0.29) is 6.03 Å². The summed E-state index contributed by atoms with van der Waals surface area (Å²) in [5.74, 6) is 0.744. The summed E-state index contributed by atoms with van der Waals surface area (Å²) in [4.78, 5) is 16.4. The molecule has 2 amide bonds. The highest BCUT2D eigenvalue weighted by Gasteiger charge is 2.40. The molecular weight excluding hydrogens is 421 g/mol. The number of carbonyl (C=O) groups is 1. The topological polar surface area (TPSA) is 79.0 Å². The van der Waals surface area contributed by atoms with Gasteiger partial charge in [0, 0.05) is 25.2 Å². The van der Waals surface area contributed by atoms with Gasteiger partial charge in [0.15, 0.2) is 0 Å². The lowest BCUT2D eigenvalue weighted by Crippen LogP contribution is -2.51. The van der Waals surface area contributed by atoms with Crippen molar-refractivity contribution in [1.82, 2.24) is 14.5 Å². The molecular formula is C22H26FN3O4S. The van der Waals surface area contributed by atoms with Crippen LogP contribution in [-0.4, -0.2) is 69.1 Å². The molecule has 31 heavy (non-hydrogen) atoms. The lowest BCUT2D eigenvalue weighted by atomic mass is 9.96. The molecule has 2 atom stereocenters. The Kier molecular flexibility index (Phi) is 6.15. The SMILES string of the molecule is CN1CCOc2ccccc2-c2cccc(c2)CC2C(NS(=O)(=O)CF)CCN2C1=O. The lowest BCUT2D eigenvalue weighted by Gasteiger charge is -2.32. The highest BCUT2D eigenvalue weighted by Crippen LogP contribution is 2.32. The van der Waals surface area contributed by atoms with Gasteiger partial charge in [0.05, 0.1) is 12.6 Å². The first-order valence-corrected chi connectivity index (χ1v) is 11.9. The van der Waals surface area contributed by atoms with Crippen LogP contribution in [0.3, 0.4) is 0 Å². The molecule has 1 fully saturated rings. The van der Waals surface area contributed by atoms with Gasteiger partial charge in [-0.2, -0.15) is 0 Å². The van der Waals surface area contributed by atoms with Crippen LogP contribution in [0.2, 0.25) is 0 Å². The summed E-state index contributed by atoms with van der Waals surface area (Å²) in [5.41, 5.74) is 2.90. The Morgan fingerprint density at radius 3 is 2.77 bits per heavy atom. The number of hydrogen-bond acceptors (Lipinski definition) is 4. The minimum Gasteiger partial charge on any atom is -0.491 e. The molecule has 7 nitrogen and oxygen atoms in total. The number of benzene rings is 2. The quantitative estimate of drug-likeness (QED) is 0.785. The van der Waals surface area contributed by atoms with Crippen molar-refractivity contribution in [1.29, 1.82) is 0 Å². The molecule has 0 radical (unpaired) electrons. The molecule has 2 aliphatic rings. The number of nitrogens with one attached hydrogen (secondary N) is 1. The maximum absolute atomic E-state index is 13.1. The Morgan fingerprint density at radius 1 is 1.16 bits per heavy atom. The third-order valence-corrected chi connectivity index (χ3v) is 6.80. The van der Waals surface area contributed by atoms with Crippen molar-refractivity contribution in [2.75, 3.05) is 32.8 Å². The van der Waals surface area contributed by atoms with Crippen molar-refractivity contribution in [2.24, 2.45) is 0 Å². The fraction of sp³-hybridized carbons (Fsp3) is 0.409. The number of para-hydroxylation sites is 1. The minimum atomic E-state index is -4.04. The van der Waals surface area contributed by atoms with Crippen LogP contribution in [0.5, 0.6) is 5.75 Å². The Labute approximate surface area is 181 Å². The number of sulfonamides is 1. The highest BCUT2D eigenvalue weighted by molar-refractivity contribution is 7.89. The van der Waals surface area contributed by atoms with E-state index >= 15 is 0 Å². The number of nitrogens with zero attached hydrogens (tertiary/aromatic N) is 2. The Bertz CT molecular complexity index is 1060. The van der Waals surface area contributed by atoms with Crippen LogP contribution in [0.25, 0.3) is 11.1 Å². The van der Waals surface area contributed by atoms with Crippen LogP contribution in [0.4, 0.5) is 9.18 Å². The fourth-order valence-corrected chi connectivity index (χ4v) is 5.09.